The Bertz CT molecular complexity index is 964. The first-order valence-electron chi connectivity index (χ1n) is 10.6. The van der Waals surface area contributed by atoms with Gasteiger partial charge in [-0.2, -0.15) is 0 Å². The number of hydrogen-bond donors (Lipinski definition) is 3. The second-order valence-electron chi connectivity index (χ2n) is 9.41. The first kappa shape index (κ1) is 25.5. The van der Waals surface area contributed by atoms with E-state index in [-0.39, 0.29) is 36.3 Å². The predicted molar refractivity (Wildman–Crippen MR) is 120 cm³/mol. The van der Waals surface area contributed by atoms with Crippen LogP contribution in [0.2, 0.25) is 0 Å². The Labute approximate surface area is 188 Å². The van der Waals surface area contributed by atoms with Crippen LogP contribution in [0.5, 0.6) is 0 Å². The van der Waals surface area contributed by atoms with Gasteiger partial charge in [0.1, 0.15) is 5.76 Å². The molecule has 2 atom stereocenters. The molecule has 0 saturated carbocycles. The maximum Gasteiger partial charge on any atom is 0.333 e. The number of hydrogen-bond acceptors (Lipinski definition) is 7. The molecule has 1 aliphatic carbocycles. The molecule has 3 N–H and O–H groups in total. The highest BCUT2D eigenvalue weighted by Gasteiger charge is 2.36. The summed E-state index contributed by atoms with van der Waals surface area (Å²) in [5.41, 5.74) is -1.08. The van der Waals surface area contributed by atoms with Gasteiger partial charge in [0.15, 0.2) is 0 Å². The number of fused-ring (bicyclic) bond motifs is 1. The van der Waals surface area contributed by atoms with Crippen LogP contribution < -0.4 is 0 Å². The fourth-order valence-electron chi connectivity index (χ4n) is 3.36. The molecule has 2 rings (SSSR count). The van der Waals surface area contributed by atoms with Gasteiger partial charge in [0.25, 0.3) is 0 Å². The predicted octanol–water partition coefficient (Wildman–Crippen LogP) is 3.54. The van der Waals surface area contributed by atoms with Gasteiger partial charge in [0, 0.05) is 27.7 Å². The van der Waals surface area contributed by atoms with E-state index < -0.39 is 34.7 Å². The van der Waals surface area contributed by atoms with Crippen molar-refractivity contribution in [2.75, 3.05) is 6.61 Å². The molecule has 174 valence electrons. The van der Waals surface area contributed by atoms with E-state index in [1.807, 2.05) is 0 Å². The lowest BCUT2D eigenvalue weighted by Crippen LogP contribution is -2.36. The third kappa shape index (κ3) is 5.93. The van der Waals surface area contributed by atoms with Crippen molar-refractivity contribution in [3.05, 3.63) is 52.6 Å². The number of rotatable bonds is 9. The number of allylic oxidation sites excluding steroid dienone is 2. The van der Waals surface area contributed by atoms with Crippen molar-refractivity contribution in [1.29, 1.82) is 0 Å². The smallest absolute Gasteiger partial charge is 0.333 e. The number of carbonyl (C=O) groups excluding carboxylic acids is 3. The zero-order valence-corrected chi connectivity index (χ0v) is 19.3. The molecule has 0 bridgehead atoms. The molecule has 1 aromatic carbocycles. The lowest BCUT2D eigenvalue weighted by atomic mass is 9.79. The molecule has 0 heterocycles. The van der Waals surface area contributed by atoms with E-state index in [1.165, 1.54) is 19.9 Å². The van der Waals surface area contributed by atoms with Crippen molar-refractivity contribution in [2.45, 2.75) is 65.6 Å². The normalized spacial score (nSPS) is 17.7. The number of aliphatic hydroxyl groups excluding tert-OH is 2. The van der Waals surface area contributed by atoms with Gasteiger partial charge < -0.3 is 20.1 Å². The van der Waals surface area contributed by atoms with Gasteiger partial charge in [-0.15, -0.1) is 0 Å². The molecule has 0 radical (unpaired) electrons. The molecule has 0 unspecified atom stereocenters. The maximum absolute atomic E-state index is 12.5. The molecule has 1 aliphatic rings. The largest absolute Gasteiger partial charge is 0.507 e. The van der Waals surface area contributed by atoms with Crippen LogP contribution in [0.25, 0.3) is 5.76 Å². The summed E-state index contributed by atoms with van der Waals surface area (Å²) < 4.78 is 5.39. The van der Waals surface area contributed by atoms with Gasteiger partial charge in [-0.1, -0.05) is 44.2 Å². The number of benzene rings is 1. The Morgan fingerprint density at radius 2 is 1.72 bits per heavy atom. The van der Waals surface area contributed by atoms with E-state index in [1.54, 1.807) is 45.0 Å². The van der Waals surface area contributed by atoms with Crippen molar-refractivity contribution in [1.82, 2.24) is 0 Å². The standard InChI is InChI=1S/C25H32O7/c1-15(9-8-12-25(5,31)16(2)26)23(30)32-14-24(3,4)13-19-20(27)17-10-6-7-11-18(17)21(28)22(19)29/h6-7,9-11,16,26-27,31H,8,12-14H2,1-5H3/b15-9+/t16-,25+/m0/s1. The lowest BCUT2D eigenvalue weighted by molar-refractivity contribution is -0.142. The van der Waals surface area contributed by atoms with E-state index in [0.29, 0.717) is 17.6 Å². The van der Waals surface area contributed by atoms with Crippen LogP contribution in [0.1, 0.15) is 69.8 Å². The number of ketones is 2. The molecule has 0 amide bonds. The lowest BCUT2D eigenvalue weighted by Gasteiger charge is -2.27. The summed E-state index contributed by atoms with van der Waals surface area (Å²) >= 11 is 0. The van der Waals surface area contributed by atoms with Gasteiger partial charge in [-0.05, 0) is 40.0 Å². The first-order chi connectivity index (χ1) is 14.8. The average Bonchev–Trinajstić information content (AvgIpc) is 2.73. The van der Waals surface area contributed by atoms with Gasteiger partial charge >= 0.3 is 5.97 Å². The zero-order valence-electron chi connectivity index (χ0n) is 19.3. The molecule has 1 aromatic rings. The van der Waals surface area contributed by atoms with Crippen molar-refractivity contribution < 1.29 is 34.4 Å². The Kier molecular flexibility index (Phi) is 7.80. The third-order valence-corrected chi connectivity index (χ3v) is 5.77. The van der Waals surface area contributed by atoms with E-state index in [4.69, 9.17) is 4.74 Å². The third-order valence-electron chi connectivity index (χ3n) is 5.77. The monoisotopic (exact) mass is 444 g/mol. The molecule has 0 saturated heterocycles. The number of Topliss-reactive ketones (excluding diaryl/α,β-unsaturated/α-hetero) is 2. The molecule has 0 aliphatic heterocycles. The minimum atomic E-state index is -1.25. The minimum absolute atomic E-state index is 0.0161. The number of ether oxygens (including phenoxy) is 1. The Morgan fingerprint density at radius 1 is 1.12 bits per heavy atom. The van der Waals surface area contributed by atoms with Crippen LogP contribution in [0.4, 0.5) is 0 Å². The number of esters is 1. The molecule has 7 heteroatoms. The first-order valence-corrected chi connectivity index (χ1v) is 10.6. The van der Waals surface area contributed by atoms with Gasteiger partial charge in [0.05, 0.1) is 18.3 Å². The highest BCUT2D eigenvalue weighted by Crippen LogP contribution is 2.35. The topological polar surface area (TPSA) is 121 Å². The molecule has 0 fully saturated rings. The highest BCUT2D eigenvalue weighted by molar-refractivity contribution is 6.52. The van der Waals surface area contributed by atoms with Crippen LogP contribution in [0.3, 0.4) is 0 Å². The van der Waals surface area contributed by atoms with Crippen LogP contribution in [0, 0.1) is 5.41 Å². The van der Waals surface area contributed by atoms with Gasteiger partial charge in [-0.25, -0.2) is 4.79 Å². The molecular formula is C25H32O7. The Hall–Kier alpha value is -2.77. The van der Waals surface area contributed by atoms with E-state index in [2.05, 4.69) is 0 Å². The quantitative estimate of drug-likeness (QED) is 0.303. The van der Waals surface area contributed by atoms with E-state index in [0.717, 1.165) is 0 Å². The van der Waals surface area contributed by atoms with Crippen molar-refractivity contribution in [3.8, 4) is 0 Å². The fraction of sp³-hybridized carbons (Fsp3) is 0.480. The number of carbonyl (C=O) groups is 3. The summed E-state index contributed by atoms with van der Waals surface area (Å²) in [5, 5.41) is 30.2. The molecule has 7 nitrogen and oxygen atoms in total. The summed E-state index contributed by atoms with van der Waals surface area (Å²) in [6, 6.07) is 6.40. The summed E-state index contributed by atoms with van der Waals surface area (Å²) in [7, 11) is 0. The summed E-state index contributed by atoms with van der Waals surface area (Å²) in [6.45, 7) is 8.16. The van der Waals surface area contributed by atoms with Crippen molar-refractivity contribution in [2.24, 2.45) is 5.41 Å². The number of aliphatic hydroxyl groups is 3. The van der Waals surface area contributed by atoms with Crippen LogP contribution in [0.15, 0.2) is 41.5 Å². The minimum Gasteiger partial charge on any atom is -0.507 e. The highest BCUT2D eigenvalue weighted by atomic mass is 16.5. The van der Waals surface area contributed by atoms with Crippen LogP contribution in [-0.4, -0.2) is 51.2 Å². The Balaban J connectivity index is 2.03. The summed E-state index contributed by atoms with van der Waals surface area (Å²) in [4.78, 5) is 37.3. The SMILES string of the molecule is C/C(=C\CC[C@@](C)(O)[C@H](C)O)C(=O)OCC(C)(C)CC1=C(O)c2ccccc2C(=O)C1=O. The van der Waals surface area contributed by atoms with Crippen molar-refractivity contribution in [3.63, 3.8) is 0 Å². The van der Waals surface area contributed by atoms with Gasteiger partial charge in [0.2, 0.25) is 11.6 Å². The Morgan fingerprint density at radius 3 is 2.31 bits per heavy atom. The molecule has 0 spiro atoms. The second-order valence-corrected chi connectivity index (χ2v) is 9.41. The maximum atomic E-state index is 12.5. The summed E-state index contributed by atoms with van der Waals surface area (Å²) in [5.74, 6) is -2.16. The van der Waals surface area contributed by atoms with Crippen LogP contribution in [-0.2, 0) is 14.3 Å². The fourth-order valence-corrected chi connectivity index (χ4v) is 3.36. The summed E-state index contributed by atoms with van der Waals surface area (Å²) in [6.07, 6.45) is 1.48. The molecule has 32 heavy (non-hydrogen) atoms. The van der Waals surface area contributed by atoms with Crippen LogP contribution >= 0.6 is 0 Å². The second kappa shape index (κ2) is 9.79. The average molecular weight is 445 g/mol. The van der Waals surface area contributed by atoms with E-state index >= 15 is 0 Å². The van der Waals surface area contributed by atoms with E-state index in [9.17, 15) is 29.7 Å². The van der Waals surface area contributed by atoms with Gasteiger partial charge in [-0.3, -0.25) is 9.59 Å². The van der Waals surface area contributed by atoms with Crippen molar-refractivity contribution >= 4 is 23.3 Å². The molecular weight excluding hydrogens is 412 g/mol. The zero-order chi connectivity index (χ0) is 24.3. The molecule has 0 aromatic heterocycles.